The summed E-state index contributed by atoms with van der Waals surface area (Å²) < 4.78 is 12.6. The summed E-state index contributed by atoms with van der Waals surface area (Å²) in [6.07, 6.45) is 10.3. The molecule has 231 valence electrons. The van der Waals surface area contributed by atoms with Crippen LogP contribution in [0.2, 0.25) is 13.1 Å². The molecule has 0 aliphatic heterocycles. The molecule has 2 heterocycles. The summed E-state index contributed by atoms with van der Waals surface area (Å²) in [4.78, 5) is 0. The van der Waals surface area contributed by atoms with Crippen LogP contribution in [0.4, 0.5) is 0 Å². The van der Waals surface area contributed by atoms with Gasteiger partial charge in [-0.1, -0.05) is 0 Å². The molecule has 2 nitrogen and oxygen atoms in total. The average Bonchev–Trinajstić information content (AvgIpc) is 3.86. The molecule has 2 aromatic heterocycles. The fourth-order valence-electron chi connectivity index (χ4n) is 8.48. The number of hydrogen-bond acceptors (Lipinski definition) is 2. The van der Waals surface area contributed by atoms with E-state index in [4.69, 9.17) is 25.9 Å². The summed E-state index contributed by atoms with van der Waals surface area (Å²) in [6, 6.07) is 30.1. The Kier molecular flexibility index (Phi) is 7.34. The standard InChI is InChI=1S/2C19H15O.C2H7Si.2ClH.Zr/c2*1-2-13-10-14-7-5-9-17(18(14)11-13)19-16-8-4-3-6-15(16)12-20-19;1-3-2;;;/h2*3-12H,2H2,1H3;3H,1-2H3;2*1H;/q;;;;;+2/p-2. The summed E-state index contributed by atoms with van der Waals surface area (Å²) in [5.41, 5.74) is 9.97. The third kappa shape index (κ3) is 4.23. The van der Waals surface area contributed by atoms with Crippen LogP contribution in [0.3, 0.4) is 0 Å². The van der Waals surface area contributed by atoms with Crippen LogP contribution in [0.5, 0.6) is 0 Å². The molecule has 0 amide bonds. The van der Waals surface area contributed by atoms with Gasteiger partial charge in [0.05, 0.1) is 0 Å². The quantitative estimate of drug-likeness (QED) is 0.152. The molecule has 6 aromatic rings. The molecule has 0 saturated carbocycles. The van der Waals surface area contributed by atoms with E-state index in [0.29, 0.717) is 0 Å². The molecule has 4 aromatic carbocycles. The molecule has 2 aliphatic rings. The van der Waals surface area contributed by atoms with E-state index in [1.807, 2.05) is 12.5 Å². The van der Waals surface area contributed by atoms with Gasteiger partial charge in [-0.2, -0.15) is 0 Å². The van der Waals surface area contributed by atoms with Gasteiger partial charge in [0.15, 0.2) is 0 Å². The molecule has 0 fully saturated rings. The predicted molar refractivity (Wildman–Crippen MR) is 196 cm³/mol. The van der Waals surface area contributed by atoms with Gasteiger partial charge in [0, 0.05) is 0 Å². The molecule has 0 N–H and O–H groups in total. The Labute approximate surface area is 279 Å². The van der Waals surface area contributed by atoms with Crippen molar-refractivity contribution in [3.8, 4) is 22.6 Å². The minimum absolute atomic E-state index is 0.0385. The van der Waals surface area contributed by atoms with E-state index in [-0.39, 0.29) is 7.25 Å². The van der Waals surface area contributed by atoms with Gasteiger partial charge in [-0.3, -0.25) is 0 Å². The van der Waals surface area contributed by atoms with Gasteiger partial charge in [-0.15, -0.1) is 0 Å². The summed E-state index contributed by atoms with van der Waals surface area (Å²) in [6.45, 7) is 9.35. The third-order valence-corrected chi connectivity index (χ3v) is 62.7. The van der Waals surface area contributed by atoms with E-state index in [1.165, 1.54) is 33.4 Å². The zero-order valence-corrected chi connectivity index (χ0v) is 31.7. The van der Waals surface area contributed by atoms with Crippen LogP contribution in [0.25, 0.3) is 56.3 Å². The number of furan rings is 2. The minimum atomic E-state index is -4.87. The van der Waals surface area contributed by atoms with Gasteiger partial charge in [0.1, 0.15) is 0 Å². The number of allylic oxidation sites excluding steroid dienone is 2. The van der Waals surface area contributed by atoms with Gasteiger partial charge >= 0.3 is 282 Å². The zero-order chi connectivity index (χ0) is 31.8. The van der Waals surface area contributed by atoms with Gasteiger partial charge in [0.2, 0.25) is 0 Å². The molecule has 0 radical (unpaired) electrons. The van der Waals surface area contributed by atoms with Crippen LogP contribution in [0.15, 0.2) is 117 Å². The van der Waals surface area contributed by atoms with Gasteiger partial charge in [-0.05, 0) is 0 Å². The molecule has 8 rings (SSSR count). The molecule has 0 bridgehead atoms. The van der Waals surface area contributed by atoms with Crippen LogP contribution >= 0.6 is 17.0 Å². The number of fused-ring (bicyclic) bond motifs is 4. The molecule has 0 spiro atoms. The van der Waals surface area contributed by atoms with Crippen molar-refractivity contribution in [1.82, 2.24) is 0 Å². The van der Waals surface area contributed by atoms with Crippen LogP contribution in [-0.4, -0.2) is 5.92 Å². The van der Waals surface area contributed by atoms with E-state index >= 15 is 0 Å². The van der Waals surface area contributed by atoms with E-state index in [0.717, 1.165) is 57.0 Å². The topological polar surface area (TPSA) is 26.3 Å². The molecule has 2 atom stereocenters. The van der Waals surface area contributed by atoms with Crippen LogP contribution in [-0.2, 0) is 15.6 Å². The van der Waals surface area contributed by atoms with Crippen molar-refractivity contribution in [1.29, 1.82) is 0 Å². The second-order valence-corrected chi connectivity index (χ2v) is 55.8. The van der Waals surface area contributed by atoms with Gasteiger partial charge < -0.3 is 0 Å². The Morgan fingerprint density at radius 3 is 1.46 bits per heavy atom. The molecule has 46 heavy (non-hydrogen) atoms. The number of halogens is 2. The summed E-state index contributed by atoms with van der Waals surface area (Å²) >= 11 is -4.87. The molecule has 2 unspecified atom stereocenters. The maximum atomic E-state index is 8.60. The van der Waals surface area contributed by atoms with E-state index in [9.17, 15) is 0 Å². The average molecular weight is 740 g/mol. The van der Waals surface area contributed by atoms with Crippen LogP contribution in [0.1, 0.15) is 56.2 Å². The fraction of sp³-hybridized carbons (Fsp3) is 0.200. The van der Waals surface area contributed by atoms with Crippen molar-refractivity contribution in [3.05, 3.63) is 131 Å². The Morgan fingerprint density at radius 1 is 0.609 bits per heavy atom. The number of benzene rings is 4. The van der Waals surface area contributed by atoms with E-state index in [2.05, 4.69) is 124 Å². The Balaban J connectivity index is 1.34. The predicted octanol–water partition coefficient (Wildman–Crippen LogP) is 12.9. The van der Waals surface area contributed by atoms with Crippen molar-refractivity contribution in [2.24, 2.45) is 0 Å². The molecular weight excluding hydrogens is 703 g/mol. The summed E-state index contributed by atoms with van der Waals surface area (Å²) in [5, 5.41) is 4.48. The number of hydrogen-bond donors (Lipinski definition) is 0. The normalized spacial score (nSPS) is 18.5. The maximum absolute atomic E-state index is 8.60. The van der Waals surface area contributed by atoms with E-state index < -0.39 is 21.5 Å². The Hall–Kier alpha value is -2.88. The second-order valence-electron chi connectivity index (χ2n) is 13.3. The van der Waals surface area contributed by atoms with Crippen LogP contribution < -0.4 is 0 Å². The third-order valence-electron chi connectivity index (χ3n) is 10.8. The van der Waals surface area contributed by atoms with Gasteiger partial charge in [-0.25, -0.2) is 0 Å². The van der Waals surface area contributed by atoms with Gasteiger partial charge in [0.25, 0.3) is 0 Å². The number of rotatable bonds is 7. The van der Waals surface area contributed by atoms with Crippen LogP contribution in [0, 0.1) is 0 Å². The second kappa shape index (κ2) is 11.1. The van der Waals surface area contributed by atoms with Crippen molar-refractivity contribution in [3.63, 3.8) is 0 Å². The molecular formula is C40H37Cl2O2SiZr. The summed E-state index contributed by atoms with van der Waals surface area (Å²) in [5.74, 6) is 0.159. The zero-order valence-electron chi connectivity index (χ0n) is 26.6. The first-order valence-electron chi connectivity index (χ1n) is 16.4. The SMILES string of the molecule is CCC1=Cc2c(-c3occ4ccccc34)cccc2[CH]1[Zr]([Cl])([Cl])([CH]1C(CC)=Cc2c(-c3occ4ccccc34)cccc21)[SiH](C)C. The van der Waals surface area contributed by atoms with E-state index in [1.54, 1.807) is 0 Å². The van der Waals surface area contributed by atoms with Crippen molar-refractivity contribution in [2.75, 3.05) is 0 Å². The molecule has 0 saturated heterocycles. The molecule has 2 aliphatic carbocycles. The summed E-state index contributed by atoms with van der Waals surface area (Å²) in [7, 11) is 17.2. The fourth-order valence-corrected chi connectivity index (χ4v) is 40.3. The Bertz CT molecular complexity index is 2090. The Morgan fingerprint density at radius 2 is 1.04 bits per heavy atom. The first-order chi connectivity index (χ1) is 22.3. The first kappa shape index (κ1) is 30.5. The monoisotopic (exact) mass is 737 g/mol. The van der Waals surface area contributed by atoms with Crippen molar-refractivity contribution < 1.29 is 24.4 Å². The first-order valence-corrected chi connectivity index (χ1v) is 32.7. The van der Waals surface area contributed by atoms with Crippen molar-refractivity contribution >= 4 is 56.6 Å². The van der Waals surface area contributed by atoms with Crippen molar-refractivity contribution in [2.45, 2.75) is 47.0 Å². The molecule has 6 heteroatoms.